The van der Waals surface area contributed by atoms with Gasteiger partial charge in [-0.1, -0.05) is 0 Å². The van der Waals surface area contributed by atoms with Crippen LogP contribution in [-0.2, 0) is 6.54 Å². The van der Waals surface area contributed by atoms with Gasteiger partial charge in [0.2, 0.25) is 0 Å². The molecule has 12 heavy (non-hydrogen) atoms. The zero-order valence-corrected chi connectivity index (χ0v) is 7.16. The number of nitrogens with zero attached hydrogens (tertiary/aromatic N) is 1. The average Bonchev–Trinajstić information content (AvgIpc) is 2.35. The van der Waals surface area contributed by atoms with Crippen molar-refractivity contribution in [2.24, 2.45) is 0 Å². The van der Waals surface area contributed by atoms with Gasteiger partial charge in [0.05, 0.1) is 18.1 Å². The molecule has 1 aliphatic heterocycles. The molecule has 0 amide bonds. The van der Waals surface area contributed by atoms with Crippen LogP contribution in [0.2, 0.25) is 0 Å². The van der Waals surface area contributed by atoms with Crippen LogP contribution in [-0.4, -0.2) is 28.7 Å². The van der Waals surface area contributed by atoms with Crippen molar-refractivity contribution in [3.05, 3.63) is 24.2 Å². The van der Waals surface area contributed by atoms with Crippen LogP contribution in [0.15, 0.2) is 23.0 Å². The van der Waals surface area contributed by atoms with Gasteiger partial charge >= 0.3 is 0 Å². The third-order valence-corrected chi connectivity index (χ3v) is 2.11. The molecule has 1 N–H and O–H groups in total. The van der Waals surface area contributed by atoms with E-state index in [4.69, 9.17) is 4.42 Å². The number of hydrogen-bond acceptors (Lipinski definition) is 3. The molecule has 1 aliphatic rings. The van der Waals surface area contributed by atoms with E-state index >= 15 is 0 Å². The first-order valence-corrected chi connectivity index (χ1v) is 4.12. The molecule has 3 nitrogen and oxygen atoms in total. The van der Waals surface area contributed by atoms with Gasteiger partial charge in [-0.25, -0.2) is 0 Å². The third kappa shape index (κ3) is 1.52. The lowest BCUT2D eigenvalue weighted by Gasteiger charge is -2.44. The van der Waals surface area contributed by atoms with Crippen LogP contribution in [0, 0.1) is 0 Å². The highest BCUT2D eigenvalue weighted by Gasteiger charge is 2.36. The van der Waals surface area contributed by atoms with E-state index in [-0.39, 0.29) is 0 Å². The molecule has 0 aromatic carbocycles. The molecule has 1 aromatic rings. The van der Waals surface area contributed by atoms with E-state index in [1.807, 2.05) is 13.0 Å². The van der Waals surface area contributed by atoms with Crippen molar-refractivity contribution in [2.75, 3.05) is 13.1 Å². The lowest BCUT2D eigenvalue weighted by atomic mass is 9.97. The quantitative estimate of drug-likeness (QED) is 0.709. The van der Waals surface area contributed by atoms with Crippen molar-refractivity contribution in [3.63, 3.8) is 0 Å². The van der Waals surface area contributed by atoms with Gasteiger partial charge < -0.3 is 9.52 Å². The zero-order chi connectivity index (χ0) is 8.60. The van der Waals surface area contributed by atoms with E-state index in [1.165, 1.54) is 5.56 Å². The van der Waals surface area contributed by atoms with Crippen molar-refractivity contribution in [2.45, 2.75) is 19.1 Å². The van der Waals surface area contributed by atoms with E-state index in [0.29, 0.717) is 0 Å². The van der Waals surface area contributed by atoms with E-state index in [0.717, 1.165) is 19.6 Å². The Morgan fingerprint density at radius 1 is 1.67 bits per heavy atom. The van der Waals surface area contributed by atoms with Crippen LogP contribution in [0.5, 0.6) is 0 Å². The highest BCUT2D eigenvalue weighted by atomic mass is 16.3. The highest BCUT2D eigenvalue weighted by Crippen LogP contribution is 2.21. The Balaban J connectivity index is 1.84. The minimum absolute atomic E-state index is 0.469. The van der Waals surface area contributed by atoms with Gasteiger partial charge in [0.1, 0.15) is 0 Å². The Labute approximate surface area is 71.6 Å². The molecule has 0 unspecified atom stereocenters. The molecule has 2 rings (SSSR count). The van der Waals surface area contributed by atoms with Gasteiger partial charge in [0.25, 0.3) is 0 Å². The Hall–Kier alpha value is -0.800. The van der Waals surface area contributed by atoms with Crippen LogP contribution in [0.3, 0.4) is 0 Å². The van der Waals surface area contributed by atoms with Crippen molar-refractivity contribution in [1.29, 1.82) is 0 Å². The molecule has 1 aromatic heterocycles. The summed E-state index contributed by atoms with van der Waals surface area (Å²) in [5.41, 5.74) is 0.703. The van der Waals surface area contributed by atoms with Crippen molar-refractivity contribution in [3.8, 4) is 0 Å². The van der Waals surface area contributed by atoms with Gasteiger partial charge in [0, 0.05) is 25.2 Å². The monoisotopic (exact) mass is 167 g/mol. The number of likely N-dealkylation sites (tertiary alicyclic amines) is 1. The number of furan rings is 1. The van der Waals surface area contributed by atoms with Gasteiger partial charge in [-0.2, -0.15) is 0 Å². The standard InChI is InChI=1S/C9H13NO2/c1-9(11)6-10(7-9)4-8-2-3-12-5-8/h2-3,5,11H,4,6-7H2,1H3. The minimum atomic E-state index is -0.469. The highest BCUT2D eigenvalue weighted by molar-refractivity contribution is 5.07. The van der Waals surface area contributed by atoms with Crippen molar-refractivity contribution < 1.29 is 9.52 Å². The predicted octanol–water partition coefficient (Wildman–Crippen LogP) is 0.846. The van der Waals surface area contributed by atoms with Gasteiger partial charge in [-0.15, -0.1) is 0 Å². The maximum absolute atomic E-state index is 9.45. The fourth-order valence-corrected chi connectivity index (χ4v) is 1.67. The number of aliphatic hydroxyl groups is 1. The molecule has 0 spiro atoms. The third-order valence-electron chi connectivity index (χ3n) is 2.11. The first kappa shape index (κ1) is 7.83. The minimum Gasteiger partial charge on any atom is -0.472 e. The van der Waals surface area contributed by atoms with E-state index in [9.17, 15) is 5.11 Å². The van der Waals surface area contributed by atoms with Gasteiger partial charge in [-0.3, -0.25) is 4.90 Å². The van der Waals surface area contributed by atoms with E-state index < -0.39 is 5.60 Å². The second-order valence-corrected chi connectivity index (χ2v) is 3.77. The van der Waals surface area contributed by atoms with Crippen LogP contribution in [0.1, 0.15) is 12.5 Å². The van der Waals surface area contributed by atoms with Gasteiger partial charge in [0.15, 0.2) is 0 Å². The van der Waals surface area contributed by atoms with Crippen molar-refractivity contribution >= 4 is 0 Å². The summed E-state index contributed by atoms with van der Waals surface area (Å²) in [6.45, 7) is 4.27. The molecular weight excluding hydrogens is 154 g/mol. The molecule has 1 fully saturated rings. The number of rotatable bonds is 2. The first-order valence-electron chi connectivity index (χ1n) is 4.12. The molecule has 3 heteroatoms. The Bertz CT molecular complexity index is 246. The topological polar surface area (TPSA) is 36.6 Å². The number of hydrogen-bond donors (Lipinski definition) is 1. The maximum Gasteiger partial charge on any atom is 0.0947 e. The van der Waals surface area contributed by atoms with Crippen LogP contribution in [0.4, 0.5) is 0 Å². The SMILES string of the molecule is CC1(O)CN(Cc2ccoc2)C1. The molecule has 2 heterocycles. The molecule has 0 bridgehead atoms. The second-order valence-electron chi connectivity index (χ2n) is 3.77. The maximum atomic E-state index is 9.45. The lowest BCUT2D eigenvalue weighted by Crippen LogP contribution is -2.59. The fourth-order valence-electron chi connectivity index (χ4n) is 1.67. The summed E-state index contributed by atoms with van der Waals surface area (Å²) in [6.07, 6.45) is 3.42. The summed E-state index contributed by atoms with van der Waals surface area (Å²) in [7, 11) is 0. The molecule has 0 radical (unpaired) electrons. The molecule has 0 aliphatic carbocycles. The summed E-state index contributed by atoms with van der Waals surface area (Å²) in [6, 6.07) is 1.95. The fraction of sp³-hybridized carbons (Fsp3) is 0.556. The van der Waals surface area contributed by atoms with Crippen LogP contribution >= 0.6 is 0 Å². The molecule has 1 saturated heterocycles. The first-order chi connectivity index (χ1) is 5.66. The summed E-state index contributed by atoms with van der Waals surface area (Å²) in [4.78, 5) is 2.19. The van der Waals surface area contributed by atoms with Crippen molar-refractivity contribution in [1.82, 2.24) is 4.90 Å². The Morgan fingerprint density at radius 2 is 2.42 bits per heavy atom. The average molecular weight is 167 g/mol. The van der Waals surface area contributed by atoms with E-state index in [2.05, 4.69) is 4.90 Å². The van der Waals surface area contributed by atoms with Crippen LogP contribution < -0.4 is 0 Å². The normalized spacial score (nSPS) is 22.2. The largest absolute Gasteiger partial charge is 0.472 e. The molecule has 0 saturated carbocycles. The summed E-state index contributed by atoms with van der Waals surface area (Å²) < 4.78 is 4.95. The second kappa shape index (κ2) is 2.61. The van der Waals surface area contributed by atoms with Crippen LogP contribution in [0.25, 0.3) is 0 Å². The number of β-amino-alcohol motifs (C(OH)–C–C–N with tert-alkyl or cyclic N) is 1. The molecule has 0 atom stereocenters. The Morgan fingerprint density at radius 3 is 2.92 bits per heavy atom. The molecular formula is C9H13NO2. The summed E-state index contributed by atoms with van der Waals surface area (Å²) >= 11 is 0. The smallest absolute Gasteiger partial charge is 0.0947 e. The predicted molar refractivity (Wildman–Crippen MR) is 44.6 cm³/mol. The van der Waals surface area contributed by atoms with Gasteiger partial charge in [-0.05, 0) is 13.0 Å². The van der Waals surface area contributed by atoms with E-state index in [1.54, 1.807) is 12.5 Å². The zero-order valence-electron chi connectivity index (χ0n) is 7.16. The Kier molecular flexibility index (Phi) is 1.70. The lowest BCUT2D eigenvalue weighted by molar-refractivity contribution is -0.0871. The summed E-state index contributed by atoms with van der Waals surface area (Å²) in [5, 5.41) is 9.45. The molecule has 66 valence electrons. The summed E-state index contributed by atoms with van der Waals surface area (Å²) in [5.74, 6) is 0.